The van der Waals surface area contributed by atoms with E-state index in [-0.39, 0.29) is 13.2 Å². The zero-order valence-corrected chi connectivity index (χ0v) is 18.9. The number of phosphoric acid groups is 4. The molecule has 0 saturated carbocycles. The second-order valence-corrected chi connectivity index (χ2v) is 10.9. The van der Waals surface area contributed by atoms with E-state index in [9.17, 15) is 18.3 Å². The lowest BCUT2D eigenvalue weighted by atomic mass is 10.3. The zero-order valence-electron chi connectivity index (χ0n) is 15.3. The van der Waals surface area contributed by atoms with E-state index < -0.39 is 31.3 Å². The standard InChI is InChI=1S/2C5H12O7P2/c2*1-5(2)3-4-11-14(9,10)12-13(6,7)8/h2*3H,4H2,1-2H3,(H,9,10)(H2,6,7,8). The van der Waals surface area contributed by atoms with Gasteiger partial charge >= 0.3 is 31.3 Å². The second kappa shape index (κ2) is 12.6. The van der Waals surface area contributed by atoms with Gasteiger partial charge < -0.3 is 29.4 Å². The monoisotopic (exact) mass is 492 g/mol. The summed E-state index contributed by atoms with van der Waals surface area (Å²) in [5, 5.41) is 0. The van der Waals surface area contributed by atoms with Crippen molar-refractivity contribution < 1.29 is 65.3 Å². The Hall–Kier alpha value is -0.0000000000000000971. The van der Waals surface area contributed by atoms with Crippen LogP contribution in [0.25, 0.3) is 0 Å². The molecular formula is C10H24O14P4. The van der Waals surface area contributed by atoms with E-state index >= 15 is 0 Å². The summed E-state index contributed by atoms with van der Waals surface area (Å²) in [6.45, 7) is 6.42. The maximum atomic E-state index is 10.8. The second-order valence-electron chi connectivity index (χ2n) is 5.24. The van der Waals surface area contributed by atoms with Crippen LogP contribution in [-0.4, -0.2) is 42.6 Å². The van der Waals surface area contributed by atoms with Crippen LogP contribution in [0, 0.1) is 0 Å². The lowest BCUT2D eigenvalue weighted by Crippen LogP contribution is -1.94. The number of phosphoric ester groups is 2. The van der Waals surface area contributed by atoms with E-state index in [1.165, 1.54) is 12.2 Å². The number of allylic oxidation sites excluding steroid dienone is 2. The molecule has 0 spiro atoms. The molecule has 0 fully saturated rings. The van der Waals surface area contributed by atoms with Crippen LogP contribution < -0.4 is 0 Å². The first-order valence-electron chi connectivity index (χ1n) is 7.00. The number of hydrogen-bond acceptors (Lipinski definition) is 8. The van der Waals surface area contributed by atoms with Crippen molar-refractivity contribution in [2.24, 2.45) is 0 Å². The molecule has 0 aromatic rings. The van der Waals surface area contributed by atoms with Crippen LogP contribution in [-0.2, 0) is 35.9 Å². The van der Waals surface area contributed by atoms with Crippen LogP contribution in [0.5, 0.6) is 0 Å². The van der Waals surface area contributed by atoms with Crippen molar-refractivity contribution in [3.8, 4) is 0 Å². The minimum Gasteiger partial charge on any atom is -0.302 e. The maximum absolute atomic E-state index is 10.8. The van der Waals surface area contributed by atoms with Crippen molar-refractivity contribution in [2.75, 3.05) is 13.2 Å². The average molecular weight is 492 g/mol. The topological polar surface area (TPSA) is 227 Å². The van der Waals surface area contributed by atoms with Gasteiger partial charge in [-0.2, -0.15) is 8.62 Å². The summed E-state index contributed by atoms with van der Waals surface area (Å²) in [6.07, 6.45) is 2.93. The summed E-state index contributed by atoms with van der Waals surface area (Å²) < 4.78 is 57.5. The summed E-state index contributed by atoms with van der Waals surface area (Å²) in [4.78, 5) is 50.4. The van der Waals surface area contributed by atoms with Crippen molar-refractivity contribution in [2.45, 2.75) is 27.7 Å². The van der Waals surface area contributed by atoms with Crippen molar-refractivity contribution in [3.63, 3.8) is 0 Å². The maximum Gasteiger partial charge on any atom is 0.481 e. The lowest BCUT2D eigenvalue weighted by molar-refractivity contribution is 0.187. The molecule has 2 atom stereocenters. The lowest BCUT2D eigenvalue weighted by Gasteiger charge is -2.10. The van der Waals surface area contributed by atoms with Crippen molar-refractivity contribution >= 4 is 31.3 Å². The van der Waals surface area contributed by atoms with Gasteiger partial charge in [0.2, 0.25) is 0 Å². The highest BCUT2D eigenvalue weighted by molar-refractivity contribution is 7.61. The van der Waals surface area contributed by atoms with E-state index in [1.807, 2.05) is 0 Å². The fourth-order valence-corrected chi connectivity index (χ4v) is 3.97. The third-order valence-corrected chi connectivity index (χ3v) is 6.18. The Morgan fingerprint density at radius 2 is 0.893 bits per heavy atom. The summed E-state index contributed by atoms with van der Waals surface area (Å²) in [7, 11) is -19.4. The van der Waals surface area contributed by atoms with Gasteiger partial charge in [0.15, 0.2) is 0 Å². The van der Waals surface area contributed by atoms with Crippen LogP contribution in [0.2, 0.25) is 0 Å². The number of hydrogen-bond donors (Lipinski definition) is 6. The van der Waals surface area contributed by atoms with Gasteiger partial charge in [-0.05, 0) is 27.7 Å². The molecule has 168 valence electrons. The molecule has 0 saturated heterocycles. The molecule has 0 aliphatic heterocycles. The summed E-state index contributed by atoms with van der Waals surface area (Å²) in [5.74, 6) is 0. The van der Waals surface area contributed by atoms with Crippen molar-refractivity contribution in [3.05, 3.63) is 23.3 Å². The molecule has 14 nitrogen and oxygen atoms in total. The van der Waals surface area contributed by atoms with E-state index in [4.69, 9.17) is 29.4 Å². The molecule has 0 aromatic heterocycles. The first-order chi connectivity index (χ1) is 12.2. The fourth-order valence-electron chi connectivity index (χ4n) is 0.912. The highest BCUT2D eigenvalue weighted by Gasteiger charge is 2.32. The molecule has 0 radical (unpaired) electrons. The summed E-state index contributed by atoms with van der Waals surface area (Å²) in [5.41, 5.74) is 1.67. The zero-order chi connectivity index (χ0) is 22.8. The number of rotatable bonds is 10. The Balaban J connectivity index is 0. The molecule has 0 amide bonds. The molecule has 0 aromatic carbocycles. The largest absolute Gasteiger partial charge is 0.481 e. The quantitative estimate of drug-likeness (QED) is 0.190. The normalized spacial score (nSPS) is 16.1. The molecule has 0 aliphatic rings. The van der Waals surface area contributed by atoms with Gasteiger partial charge in [0.25, 0.3) is 0 Å². The van der Waals surface area contributed by atoms with Gasteiger partial charge in [-0.25, -0.2) is 18.3 Å². The summed E-state index contributed by atoms with van der Waals surface area (Å²) >= 11 is 0. The van der Waals surface area contributed by atoms with E-state index in [1.54, 1.807) is 27.7 Å². The van der Waals surface area contributed by atoms with Crippen LogP contribution in [0.15, 0.2) is 23.3 Å². The van der Waals surface area contributed by atoms with Crippen LogP contribution in [0.4, 0.5) is 0 Å². The van der Waals surface area contributed by atoms with Gasteiger partial charge in [0, 0.05) is 0 Å². The van der Waals surface area contributed by atoms with Gasteiger partial charge in [-0.3, -0.25) is 9.05 Å². The van der Waals surface area contributed by atoms with Gasteiger partial charge in [0.05, 0.1) is 13.2 Å². The highest BCUT2D eigenvalue weighted by atomic mass is 31.3. The SMILES string of the molecule is CC(C)=CCOP(=O)(O)OP(=O)(O)O.CC(C)=CCOP(=O)(O)OP(=O)(O)O. The third kappa shape index (κ3) is 24.0. The molecule has 0 aliphatic carbocycles. The van der Waals surface area contributed by atoms with E-state index in [0.717, 1.165) is 11.1 Å². The Kier molecular flexibility index (Phi) is 13.6. The molecule has 0 rings (SSSR count). The van der Waals surface area contributed by atoms with Gasteiger partial charge in [0.1, 0.15) is 0 Å². The van der Waals surface area contributed by atoms with E-state index in [0.29, 0.717) is 0 Å². The van der Waals surface area contributed by atoms with Crippen LogP contribution in [0.1, 0.15) is 27.7 Å². The Morgan fingerprint density at radius 3 is 1.07 bits per heavy atom. The smallest absolute Gasteiger partial charge is 0.302 e. The molecule has 0 heterocycles. The predicted molar refractivity (Wildman–Crippen MR) is 96.7 cm³/mol. The van der Waals surface area contributed by atoms with Crippen molar-refractivity contribution in [1.29, 1.82) is 0 Å². The predicted octanol–water partition coefficient (Wildman–Crippen LogP) is 2.36. The average Bonchev–Trinajstić information content (AvgIpc) is 2.31. The first kappa shape index (κ1) is 30.2. The Morgan fingerprint density at radius 1 is 0.643 bits per heavy atom. The first-order valence-corrected chi connectivity index (χ1v) is 13.0. The van der Waals surface area contributed by atoms with Crippen LogP contribution in [0.3, 0.4) is 0 Å². The molecule has 2 unspecified atom stereocenters. The molecular weight excluding hydrogens is 468 g/mol. The van der Waals surface area contributed by atoms with Gasteiger partial charge in [-0.1, -0.05) is 23.3 Å². The molecule has 18 heteroatoms. The third-order valence-electron chi connectivity index (χ3n) is 1.88. The minimum absolute atomic E-state index is 0.254. The van der Waals surface area contributed by atoms with E-state index in [2.05, 4.69) is 17.7 Å². The van der Waals surface area contributed by atoms with Crippen LogP contribution >= 0.6 is 31.3 Å². The molecule has 28 heavy (non-hydrogen) atoms. The minimum atomic E-state index is -5.01. The Bertz CT molecular complexity index is 660. The molecule has 0 bridgehead atoms. The van der Waals surface area contributed by atoms with Gasteiger partial charge in [-0.15, -0.1) is 0 Å². The molecule has 6 N–H and O–H groups in total. The highest BCUT2D eigenvalue weighted by Crippen LogP contribution is 2.58. The fraction of sp³-hybridized carbons (Fsp3) is 0.600. The Labute approximate surface area is 161 Å². The van der Waals surface area contributed by atoms with Crippen molar-refractivity contribution in [1.82, 2.24) is 0 Å². The summed E-state index contributed by atoms with van der Waals surface area (Å²) in [6, 6.07) is 0.